The molecule has 1 fully saturated rings. The lowest BCUT2D eigenvalue weighted by molar-refractivity contribution is 0.482. The van der Waals surface area contributed by atoms with E-state index in [4.69, 9.17) is 11.6 Å². The quantitative estimate of drug-likeness (QED) is 0.793. The fourth-order valence-corrected chi connectivity index (χ4v) is 2.95. The fourth-order valence-electron chi connectivity index (χ4n) is 2.75. The van der Waals surface area contributed by atoms with Crippen molar-refractivity contribution in [2.45, 2.75) is 18.5 Å². The fraction of sp³-hybridized carbons (Fsp3) is 0.294. The highest BCUT2D eigenvalue weighted by atomic mass is 35.5. The van der Waals surface area contributed by atoms with Crippen molar-refractivity contribution < 1.29 is 4.39 Å². The molecule has 2 atom stereocenters. The van der Waals surface area contributed by atoms with Crippen LogP contribution in [0.5, 0.6) is 0 Å². The van der Waals surface area contributed by atoms with E-state index in [0.29, 0.717) is 11.1 Å². The molecule has 3 nitrogen and oxygen atoms in total. The predicted molar refractivity (Wildman–Crippen MR) is 87.2 cm³/mol. The number of hydrogen-bond acceptors (Lipinski definition) is 3. The molecule has 3 rings (SSSR count). The minimum Gasteiger partial charge on any atom is -0.305 e. The molecule has 1 saturated heterocycles. The smallest absolute Gasteiger partial charge is 0.123 e. The van der Waals surface area contributed by atoms with Gasteiger partial charge in [0.2, 0.25) is 0 Å². The van der Waals surface area contributed by atoms with Crippen LogP contribution in [-0.2, 0) is 0 Å². The number of benzene rings is 2. The zero-order chi connectivity index (χ0) is 15.4. The Hall–Kier alpha value is -1.46. The summed E-state index contributed by atoms with van der Waals surface area (Å²) >= 11 is 6.11. The normalized spacial score (nSPS) is 19.3. The topological polar surface area (TPSA) is 36.1 Å². The minimum atomic E-state index is -0.230. The maximum absolute atomic E-state index is 13.6. The molecule has 22 heavy (non-hydrogen) atoms. The van der Waals surface area contributed by atoms with Crippen LogP contribution in [-0.4, -0.2) is 19.1 Å². The molecular weight excluding hydrogens is 301 g/mol. The predicted octanol–water partition coefficient (Wildman–Crippen LogP) is 3.02. The lowest BCUT2D eigenvalue weighted by Gasteiger charge is -2.22. The summed E-state index contributed by atoms with van der Waals surface area (Å²) in [5.41, 5.74) is 8.28. The monoisotopic (exact) mass is 319 g/mol. The van der Waals surface area contributed by atoms with E-state index < -0.39 is 0 Å². The van der Waals surface area contributed by atoms with Gasteiger partial charge in [0.05, 0.1) is 6.04 Å². The minimum absolute atomic E-state index is 0.0863. The van der Waals surface area contributed by atoms with Crippen molar-refractivity contribution in [1.29, 1.82) is 0 Å². The lowest BCUT2D eigenvalue weighted by atomic mass is 9.98. The first-order valence-electron chi connectivity index (χ1n) is 7.45. The number of hydrazine groups is 1. The van der Waals surface area contributed by atoms with Crippen LogP contribution in [0.25, 0.3) is 0 Å². The van der Waals surface area contributed by atoms with Gasteiger partial charge in [-0.15, -0.1) is 0 Å². The first-order chi connectivity index (χ1) is 10.7. The molecule has 116 valence electrons. The molecule has 2 aromatic carbocycles. The maximum atomic E-state index is 13.6. The zero-order valence-electron chi connectivity index (χ0n) is 12.2. The van der Waals surface area contributed by atoms with Crippen LogP contribution in [0.1, 0.15) is 23.6 Å². The van der Waals surface area contributed by atoms with Crippen LogP contribution in [0.2, 0.25) is 5.02 Å². The van der Waals surface area contributed by atoms with Gasteiger partial charge in [0.15, 0.2) is 0 Å². The van der Waals surface area contributed by atoms with E-state index in [9.17, 15) is 4.39 Å². The largest absolute Gasteiger partial charge is 0.305 e. The van der Waals surface area contributed by atoms with Crippen molar-refractivity contribution in [2.75, 3.05) is 13.1 Å². The molecular formula is C17H19ClFN3. The van der Waals surface area contributed by atoms with Crippen LogP contribution >= 0.6 is 11.6 Å². The molecule has 2 aromatic rings. The molecule has 0 aliphatic carbocycles. The van der Waals surface area contributed by atoms with Gasteiger partial charge in [0.25, 0.3) is 0 Å². The molecule has 0 spiro atoms. The molecule has 0 bridgehead atoms. The molecule has 0 amide bonds. The highest BCUT2D eigenvalue weighted by Crippen LogP contribution is 2.25. The van der Waals surface area contributed by atoms with E-state index in [0.717, 1.165) is 30.6 Å². The first-order valence-corrected chi connectivity index (χ1v) is 7.83. The SMILES string of the molecule is Fc1cccc(C(NCC2CCNN2)c2cccc(Cl)c2)c1. The second-order valence-corrected chi connectivity index (χ2v) is 5.94. The Morgan fingerprint density at radius 1 is 1.18 bits per heavy atom. The average Bonchev–Trinajstić information content (AvgIpc) is 3.01. The third kappa shape index (κ3) is 3.84. The van der Waals surface area contributed by atoms with Crippen LogP contribution in [0.3, 0.4) is 0 Å². The van der Waals surface area contributed by atoms with Gasteiger partial charge >= 0.3 is 0 Å². The van der Waals surface area contributed by atoms with Gasteiger partial charge in [-0.3, -0.25) is 10.9 Å². The summed E-state index contributed by atoms with van der Waals surface area (Å²) in [5, 5.41) is 4.20. The van der Waals surface area contributed by atoms with E-state index in [1.54, 1.807) is 12.1 Å². The van der Waals surface area contributed by atoms with Crippen LogP contribution in [0.15, 0.2) is 48.5 Å². The summed E-state index contributed by atoms with van der Waals surface area (Å²) in [6.45, 7) is 1.76. The number of halogens is 2. The molecule has 1 aliphatic rings. The summed E-state index contributed by atoms with van der Waals surface area (Å²) in [6.07, 6.45) is 1.07. The molecule has 1 heterocycles. The Labute approximate surface area is 134 Å². The maximum Gasteiger partial charge on any atom is 0.123 e. The number of nitrogens with one attached hydrogen (secondary N) is 3. The van der Waals surface area contributed by atoms with Crippen molar-refractivity contribution in [3.8, 4) is 0 Å². The van der Waals surface area contributed by atoms with Gasteiger partial charge in [-0.1, -0.05) is 35.9 Å². The third-order valence-corrected chi connectivity index (χ3v) is 4.09. The van der Waals surface area contributed by atoms with Gasteiger partial charge in [0.1, 0.15) is 5.82 Å². The van der Waals surface area contributed by atoms with Crippen LogP contribution in [0.4, 0.5) is 4.39 Å². The van der Waals surface area contributed by atoms with Crippen molar-refractivity contribution in [2.24, 2.45) is 0 Å². The second-order valence-electron chi connectivity index (χ2n) is 5.51. The Kier molecular flexibility index (Phi) is 5.05. The van der Waals surface area contributed by atoms with Gasteiger partial charge in [-0.05, 0) is 41.8 Å². The Morgan fingerprint density at radius 2 is 1.95 bits per heavy atom. The highest BCUT2D eigenvalue weighted by Gasteiger charge is 2.19. The van der Waals surface area contributed by atoms with Crippen molar-refractivity contribution in [3.05, 3.63) is 70.5 Å². The van der Waals surface area contributed by atoms with E-state index >= 15 is 0 Å². The second kappa shape index (κ2) is 7.20. The van der Waals surface area contributed by atoms with E-state index in [2.05, 4.69) is 16.2 Å². The summed E-state index contributed by atoms with van der Waals surface area (Å²) in [6, 6.07) is 14.7. The van der Waals surface area contributed by atoms with E-state index in [1.807, 2.05) is 30.3 Å². The molecule has 3 N–H and O–H groups in total. The Morgan fingerprint density at radius 3 is 2.64 bits per heavy atom. The first kappa shape index (κ1) is 15.4. The van der Waals surface area contributed by atoms with Gasteiger partial charge in [-0.25, -0.2) is 4.39 Å². The van der Waals surface area contributed by atoms with Crippen molar-refractivity contribution >= 4 is 11.6 Å². The standard InChI is InChI=1S/C17H19ClFN3/c18-14-5-1-3-12(9-14)17(13-4-2-6-15(19)10-13)20-11-16-7-8-21-22-16/h1-6,9-10,16-17,20-22H,7-8,11H2. The molecule has 0 saturated carbocycles. The van der Waals surface area contributed by atoms with Gasteiger partial charge in [0, 0.05) is 24.2 Å². The van der Waals surface area contributed by atoms with Crippen molar-refractivity contribution in [1.82, 2.24) is 16.2 Å². The number of rotatable bonds is 5. The summed E-state index contributed by atoms with van der Waals surface area (Å²) in [4.78, 5) is 0. The zero-order valence-corrected chi connectivity index (χ0v) is 12.9. The van der Waals surface area contributed by atoms with Gasteiger partial charge in [-0.2, -0.15) is 0 Å². The Balaban J connectivity index is 1.84. The molecule has 2 unspecified atom stereocenters. The highest BCUT2D eigenvalue weighted by molar-refractivity contribution is 6.30. The summed E-state index contributed by atoms with van der Waals surface area (Å²) < 4.78 is 13.6. The summed E-state index contributed by atoms with van der Waals surface area (Å²) in [7, 11) is 0. The van der Waals surface area contributed by atoms with E-state index in [1.165, 1.54) is 6.07 Å². The Bertz CT molecular complexity index is 583. The van der Waals surface area contributed by atoms with Crippen molar-refractivity contribution in [3.63, 3.8) is 0 Å². The average molecular weight is 320 g/mol. The van der Waals surface area contributed by atoms with Crippen LogP contribution < -0.4 is 16.2 Å². The molecule has 5 heteroatoms. The molecule has 0 aromatic heterocycles. The van der Waals surface area contributed by atoms with E-state index in [-0.39, 0.29) is 11.9 Å². The van der Waals surface area contributed by atoms with Crippen LogP contribution in [0, 0.1) is 5.82 Å². The molecule has 0 radical (unpaired) electrons. The lowest BCUT2D eigenvalue weighted by Crippen LogP contribution is -2.39. The third-order valence-electron chi connectivity index (χ3n) is 3.86. The molecule has 1 aliphatic heterocycles. The summed E-state index contributed by atoms with van der Waals surface area (Å²) in [5.74, 6) is -0.230. The number of hydrogen-bond donors (Lipinski definition) is 3. The van der Waals surface area contributed by atoms with Gasteiger partial charge < -0.3 is 5.32 Å².